The Balaban J connectivity index is 2.26. The third kappa shape index (κ3) is 7.80. The van der Waals surface area contributed by atoms with Crippen LogP contribution in [0.3, 0.4) is 0 Å². The van der Waals surface area contributed by atoms with Gasteiger partial charge in [0.15, 0.2) is 0 Å². The highest BCUT2D eigenvalue weighted by Crippen LogP contribution is 2.16. The van der Waals surface area contributed by atoms with Crippen LogP contribution in [0.1, 0.15) is 31.2 Å². The normalized spacial score (nSPS) is 13.8. The molecular weight excluding hydrogens is 270 g/mol. The van der Waals surface area contributed by atoms with Crippen LogP contribution in [-0.2, 0) is 16.1 Å². The van der Waals surface area contributed by atoms with Crippen molar-refractivity contribution in [2.45, 2.75) is 38.4 Å². The summed E-state index contributed by atoms with van der Waals surface area (Å²) in [4.78, 5) is 11.1. The predicted octanol–water partition coefficient (Wildman–Crippen LogP) is 1.78. The molecule has 5 heteroatoms. The molecule has 118 valence electrons. The molecule has 2 unspecified atom stereocenters. The van der Waals surface area contributed by atoms with Crippen molar-refractivity contribution in [1.82, 2.24) is 0 Å². The molecule has 0 fully saturated rings. The zero-order valence-corrected chi connectivity index (χ0v) is 12.3. The summed E-state index contributed by atoms with van der Waals surface area (Å²) < 4.78 is 5.42. The highest BCUT2D eigenvalue weighted by atomic mass is 16.5. The highest BCUT2D eigenvalue weighted by molar-refractivity contribution is 5.69. The van der Waals surface area contributed by atoms with Gasteiger partial charge in [0.2, 0.25) is 0 Å². The number of hydrogen-bond donors (Lipinski definition) is 3. The molecule has 0 saturated heterocycles. The molecule has 5 nitrogen and oxygen atoms in total. The summed E-state index contributed by atoms with van der Waals surface area (Å²) in [5, 5.41) is 19.0. The lowest BCUT2D eigenvalue weighted by Gasteiger charge is -2.17. The van der Waals surface area contributed by atoms with Crippen LogP contribution in [0.15, 0.2) is 30.3 Å². The van der Waals surface area contributed by atoms with Crippen molar-refractivity contribution in [3.8, 4) is 0 Å². The number of carbonyl (C=O) groups is 1. The van der Waals surface area contributed by atoms with E-state index in [4.69, 9.17) is 15.6 Å². The van der Waals surface area contributed by atoms with E-state index >= 15 is 0 Å². The summed E-state index contributed by atoms with van der Waals surface area (Å²) in [7, 11) is 0. The van der Waals surface area contributed by atoms with Crippen LogP contribution in [0.5, 0.6) is 0 Å². The first-order valence-electron chi connectivity index (χ1n) is 7.36. The topological polar surface area (TPSA) is 92.8 Å². The molecule has 1 rings (SSSR count). The second kappa shape index (κ2) is 10.3. The lowest BCUT2D eigenvalue weighted by Crippen LogP contribution is -2.24. The molecule has 4 N–H and O–H groups in total. The van der Waals surface area contributed by atoms with Crippen molar-refractivity contribution >= 4 is 5.97 Å². The van der Waals surface area contributed by atoms with E-state index in [1.54, 1.807) is 0 Å². The number of ether oxygens (including phenoxy) is 1. The molecule has 0 spiro atoms. The summed E-state index contributed by atoms with van der Waals surface area (Å²) >= 11 is 0. The molecule has 0 radical (unpaired) electrons. The minimum atomic E-state index is -0.867. The van der Waals surface area contributed by atoms with Crippen molar-refractivity contribution in [1.29, 1.82) is 0 Å². The van der Waals surface area contributed by atoms with Crippen molar-refractivity contribution in [2.75, 3.05) is 13.2 Å². The number of carboxylic acid groups (broad SMARTS) is 1. The number of benzene rings is 1. The van der Waals surface area contributed by atoms with E-state index in [9.17, 15) is 9.90 Å². The standard InChI is InChI=1S/C16H25NO4/c17-9-5-4-8-14(16(19)20)10-15(18)12-21-11-13-6-2-1-3-7-13/h1-3,6-7,14-15,18H,4-5,8-12,17H2,(H,19,20). The predicted molar refractivity (Wildman–Crippen MR) is 80.8 cm³/mol. The Hall–Kier alpha value is -1.43. The van der Waals surface area contributed by atoms with Crippen LogP contribution in [0.4, 0.5) is 0 Å². The van der Waals surface area contributed by atoms with E-state index in [0.29, 0.717) is 19.6 Å². The molecule has 2 atom stereocenters. The molecule has 0 bridgehead atoms. The van der Waals surface area contributed by atoms with Gasteiger partial charge < -0.3 is 20.7 Å². The van der Waals surface area contributed by atoms with Crippen LogP contribution in [0.25, 0.3) is 0 Å². The Bertz CT molecular complexity index is 397. The van der Waals surface area contributed by atoms with Gasteiger partial charge in [0.05, 0.1) is 25.2 Å². The Kier molecular flexibility index (Phi) is 8.66. The third-order valence-corrected chi connectivity index (χ3v) is 3.33. The van der Waals surface area contributed by atoms with E-state index in [-0.39, 0.29) is 13.0 Å². The summed E-state index contributed by atoms with van der Waals surface area (Å²) in [6, 6.07) is 9.66. The van der Waals surface area contributed by atoms with E-state index in [0.717, 1.165) is 18.4 Å². The lowest BCUT2D eigenvalue weighted by atomic mass is 9.95. The third-order valence-electron chi connectivity index (χ3n) is 3.33. The van der Waals surface area contributed by atoms with Gasteiger partial charge in [-0.05, 0) is 31.4 Å². The summed E-state index contributed by atoms with van der Waals surface area (Å²) in [6.45, 7) is 1.13. The number of rotatable bonds is 11. The molecule has 1 aromatic rings. The zero-order chi connectivity index (χ0) is 15.5. The molecular formula is C16H25NO4. The first-order chi connectivity index (χ1) is 10.1. The molecule has 0 aliphatic carbocycles. The second-order valence-electron chi connectivity index (χ2n) is 5.21. The monoisotopic (exact) mass is 295 g/mol. The number of aliphatic hydroxyl groups is 1. The summed E-state index contributed by atoms with van der Waals surface area (Å²) in [5.41, 5.74) is 6.43. The maximum atomic E-state index is 11.1. The molecule has 21 heavy (non-hydrogen) atoms. The minimum absolute atomic E-state index is 0.148. The fraction of sp³-hybridized carbons (Fsp3) is 0.562. The van der Waals surface area contributed by atoms with Gasteiger partial charge in [0.25, 0.3) is 0 Å². The maximum Gasteiger partial charge on any atom is 0.306 e. The van der Waals surface area contributed by atoms with Crippen LogP contribution in [0, 0.1) is 5.92 Å². The number of unbranched alkanes of at least 4 members (excludes halogenated alkanes) is 1. The SMILES string of the molecule is NCCCCC(CC(O)COCc1ccccc1)C(=O)O. The molecule has 0 aliphatic rings. The van der Waals surface area contributed by atoms with Gasteiger partial charge in [-0.2, -0.15) is 0 Å². The van der Waals surface area contributed by atoms with E-state index < -0.39 is 18.0 Å². The minimum Gasteiger partial charge on any atom is -0.481 e. The molecule has 0 amide bonds. The van der Waals surface area contributed by atoms with Crippen LogP contribution in [-0.4, -0.2) is 35.4 Å². The number of aliphatic hydroxyl groups excluding tert-OH is 1. The van der Waals surface area contributed by atoms with Gasteiger partial charge in [-0.1, -0.05) is 36.8 Å². The number of hydrogen-bond acceptors (Lipinski definition) is 4. The molecule has 0 aromatic heterocycles. The zero-order valence-electron chi connectivity index (χ0n) is 12.3. The maximum absolute atomic E-state index is 11.1. The second-order valence-corrected chi connectivity index (χ2v) is 5.21. The average molecular weight is 295 g/mol. The summed E-state index contributed by atoms with van der Waals surface area (Å²) in [5.74, 6) is -1.40. The Morgan fingerprint density at radius 2 is 1.95 bits per heavy atom. The van der Waals surface area contributed by atoms with Crippen molar-refractivity contribution in [2.24, 2.45) is 11.7 Å². The summed E-state index contributed by atoms with van der Waals surface area (Å²) in [6.07, 6.45) is 1.58. The molecule has 0 aliphatic heterocycles. The molecule has 0 saturated carbocycles. The van der Waals surface area contributed by atoms with Crippen LogP contribution in [0.2, 0.25) is 0 Å². The van der Waals surface area contributed by atoms with Crippen LogP contribution < -0.4 is 5.73 Å². The molecule has 0 heterocycles. The van der Waals surface area contributed by atoms with Gasteiger partial charge in [0, 0.05) is 0 Å². The lowest BCUT2D eigenvalue weighted by molar-refractivity contribution is -0.143. The Morgan fingerprint density at radius 3 is 2.57 bits per heavy atom. The Labute approximate surface area is 125 Å². The van der Waals surface area contributed by atoms with E-state index in [2.05, 4.69) is 0 Å². The number of aliphatic carboxylic acids is 1. The Morgan fingerprint density at radius 1 is 1.24 bits per heavy atom. The number of carboxylic acids is 1. The average Bonchev–Trinajstić information content (AvgIpc) is 2.47. The van der Waals surface area contributed by atoms with Gasteiger partial charge in [-0.15, -0.1) is 0 Å². The van der Waals surface area contributed by atoms with Gasteiger partial charge in [-0.3, -0.25) is 4.79 Å². The van der Waals surface area contributed by atoms with Gasteiger partial charge in [0.1, 0.15) is 0 Å². The van der Waals surface area contributed by atoms with Crippen molar-refractivity contribution < 1.29 is 19.7 Å². The quantitative estimate of drug-likeness (QED) is 0.541. The number of nitrogens with two attached hydrogens (primary N) is 1. The fourth-order valence-electron chi connectivity index (χ4n) is 2.16. The van der Waals surface area contributed by atoms with Crippen molar-refractivity contribution in [3.05, 3.63) is 35.9 Å². The van der Waals surface area contributed by atoms with E-state index in [1.807, 2.05) is 30.3 Å². The van der Waals surface area contributed by atoms with Gasteiger partial charge in [-0.25, -0.2) is 0 Å². The van der Waals surface area contributed by atoms with E-state index in [1.165, 1.54) is 0 Å². The molecule has 1 aromatic carbocycles. The van der Waals surface area contributed by atoms with Crippen LogP contribution >= 0.6 is 0 Å². The largest absolute Gasteiger partial charge is 0.481 e. The smallest absolute Gasteiger partial charge is 0.306 e. The van der Waals surface area contributed by atoms with Gasteiger partial charge >= 0.3 is 5.97 Å². The first-order valence-corrected chi connectivity index (χ1v) is 7.36. The highest BCUT2D eigenvalue weighted by Gasteiger charge is 2.21. The fourth-order valence-corrected chi connectivity index (χ4v) is 2.16. The first kappa shape index (κ1) is 17.6. The van der Waals surface area contributed by atoms with Crippen molar-refractivity contribution in [3.63, 3.8) is 0 Å².